The quantitative estimate of drug-likeness (QED) is 0.817. The fourth-order valence-electron chi connectivity index (χ4n) is 2.01. The van der Waals surface area contributed by atoms with E-state index in [1.165, 1.54) is 18.9 Å². The van der Waals surface area contributed by atoms with Gasteiger partial charge in [0, 0.05) is 11.4 Å². The number of rotatable bonds is 6. The maximum atomic E-state index is 11.9. The van der Waals surface area contributed by atoms with E-state index in [2.05, 4.69) is 16.1 Å². The van der Waals surface area contributed by atoms with Crippen LogP contribution in [0.3, 0.4) is 0 Å². The Labute approximate surface area is 144 Å². The molecule has 6 heteroatoms. The van der Waals surface area contributed by atoms with Crippen molar-refractivity contribution in [3.63, 3.8) is 0 Å². The molecule has 0 aromatic heterocycles. The van der Waals surface area contributed by atoms with E-state index in [0.29, 0.717) is 22.6 Å². The van der Waals surface area contributed by atoms with Gasteiger partial charge in [-0.1, -0.05) is 18.2 Å². The van der Waals surface area contributed by atoms with Crippen molar-refractivity contribution < 1.29 is 14.3 Å². The highest BCUT2D eigenvalue weighted by atomic mass is 32.2. The van der Waals surface area contributed by atoms with Crippen molar-refractivity contribution in [2.75, 3.05) is 18.2 Å². The first kappa shape index (κ1) is 17.6. The average molecular weight is 340 g/mol. The van der Waals surface area contributed by atoms with E-state index in [1.807, 2.05) is 18.2 Å². The summed E-state index contributed by atoms with van der Waals surface area (Å²) >= 11 is 1.44. The van der Waals surface area contributed by atoms with Gasteiger partial charge in [0.2, 0.25) is 5.91 Å². The van der Waals surface area contributed by atoms with Crippen LogP contribution in [0.25, 0.3) is 0 Å². The molecule has 0 aliphatic heterocycles. The molecule has 2 aromatic carbocycles. The lowest BCUT2D eigenvalue weighted by Gasteiger charge is -2.07. The lowest BCUT2D eigenvalue weighted by molar-refractivity contribution is -0.113. The van der Waals surface area contributed by atoms with Crippen molar-refractivity contribution in [2.24, 2.45) is 0 Å². The third kappa shape index (κ3) is 4.86. The van der Waals surface area contributed by atoms with Crippen LogP contribution in [0.4, 0.5) is 5.69 Å². The van der Waals surface area contributed by atoms with Gasteiger partial charge in [-0.25, -0.2) is 4.79 Å². The van der Waals surface area contributed by atoms with Crippen LogP contribution >= 0.6 is 11.8 Å². The molecule has 122 valence electrons. The van der Waals surface area contributed by atoms with Gasteiger partial charge in [0.05, 0.1) is 30.1 Å². The molecule has 1 amide bonds. The van der Waals surface area contributed by atoms with E-state index < -0.39 is 5.97 Å². The predicted octanol–water partition coefficient (Wildman–Crippen LogP) is 3.22. The van der Waals surface area contributed by atoms with Gasteiger partial charge in [0.25, 0.3) is 0 Å². The van der Waals surface area contributed by atoms with Crippen molar-refractivity contribution in [3.8, 4) is 6.07 Å². The monoisotopic (exact) mass is 340 g/mol. The molecule has 0 saturated heterocycles. The summed E-state index contributed by atoms with van der Waals surface area (Å²) in [5, 5.41) is 11.8. The number of carbonyl (C=O) groups excluding carboxylic acids is 2. The highest BCUT2D eigenvalue weighted by Gasteiger charge is 2.07. The number of hydrogen-bond donors (Lipinski definition) is 1. The Bertz CT molecular complexity index is 767. The van der Waals surface area contributed by atoms with Gasteiger partial charge in [0.15, 0.2) is 0 Å². The molecule has 0 unspecified atom stereocenters. The molecule has 0 aliphatic carbocycles. The molecule has 0 atom stereocenters. The molecule has 0 aliphatic rings. The third-order valence-corrected chi connectivity index (χ3v) is 4.20. The van der Waals surface area contributed by atoms with Gasteiger partial charge >= 0.3 is 5.97 Å². The fraction of sp³-hybridized carbons (Fsp3) is 0.167. The van der Waals surface area contributed by atoms with E-state index in [9.17, 15) is 9.59 Å². The Hall–Kier alpha value is -2.78. The van der Waals surface area contributed by atoms with Gasteiger partial charge in [-0.3, -0.25) is 4.79 Å². The number of nitriles is 1. The minimum atomic E-state index is -0.417. The van der Waals surface area contributed by atoms with Crippen LogP contribution in [-0.2, 0) is 15.3 Å². The number of amides is 1. The van der Waals surface area contributed by atoms with Crippen molar-refractivity contribution in [3.05, 3.63) is 65.2 Å². The first-order chi connectivity index (χ1) is 11.6. The predicted molar refractivity (Wildman–Crippen MR) is 93.7 cm³/mol. The molecule has 0 radical (unpaired) electrons. The van der Waals surface area contributed by atoms with Gasteiger partial charge in [-0.15, -0.1) is 11.8 Å². The number of thioether (sulfide) groups is 1. The molecule has 2 aromatic rings. The number of benzene rings is 2. The molecule has 24 heavy (non-hydrogen) atoms. The second kappa shape index (κ2) is 8.75. The first-order valence-electron chi connectivity index (χ1n) is 7.18. The Morgan fingerprint density at radius 3 is 2.54 bits per heavy atom. The maximum absolute atomic E-state index is 11.9. The minimum absolute atomic E-state index is 0.139. The number of methoxy groups -OCH3 is 1. The standard InChI is InChI=1S/C18H16N2O3S/c1-23-18(22)13-6-8-16(9-7-13)20-17(21)12-24-11-15-5-3-2-4-14(15)10-19/h2-9H,11-12H2,1H3,(H,20,21). The molecule has 0 fully saturated rings. The summed E-state index contributed by atoms with van der Waals surface area (Å²) in [7, 11) is 1.32. The molecule has 5 nitrogen and oxygen atoms in total. The summed E-state index contributed by atoms with van der Waals surface area (Å²) in [4.78, 5) is 23.3. The van der Waals surface area contributed by atoms with Crippen molar-refractivity contribution in [1.29, 1.82) is 5.26 Å². The van der Waals surface area contributed by atoms with Crippen LogP contribution in [-0.4, -0.2) is 24.7 Å². The van der Waals surface area contributed by atoms with Crippen molar-refractivity contribution >= 4 is 29.3 Å². The largest absolute Gasteiger partial charge is 0.465 e. The summed E-state index contributed by atoms with van der Waals surface area (Å²) in [5.74, 6) is 0.316. The van der Waals surface area contributed by atoms with Crippen LogP contribution in [0.2, 0.25) is 0 Å². The molecule has 1 N–H and O–H groups in total. The van der Waals surface area contributed by atoms with Gasteiger partial charge in [0.1, 0.15) is 0 Å². The lowest BCUT2D eigenvalue weighted by Crippen LogP contribution is -2.14. The normalized spacial score (nSPS) is 9.83. The first-order valence-corrected chi connectivity index (χ1v) is 8.33. The lowest BCUT2D eigenvalue weighted by atomic mass is 10.1. The summed E-state index contributed by atoms with van der Waals surface area (Å²) < 4.78 is 4.62. The summed E-state index contributed by atoms with van der Waals surface area (Å²) in [6.07, 6.45) is 0. The number of nitrogens with one attached hydrogen (secondary N) is 1. The third-order valence-electron chi connectivity index (χ3n) is 3.22. The second-order valence-corrected chi connectivity index (χ2v) is 5.86. The number of hydrogen-bond acceptors (Lipinski definition) is 5. The highest BCUT2D eigenvalue weighted by Crippen LogP contribution is 2.17. The van der Waals surface area contributed by atoms with Crippen LogP contribution in [0.1, 0.15) is 21.5 Å². The highest BCUT2D eigenvalue weighted by molar-refractivity contribution is 7.99. The number of esters is 1. The van der Waals surface area contributed by atoms with E-state index in [-0.39, 0.29) is 11.7 Å². The Morgan fingerprint density at radius 1 is 1.17 bits per heavy atom. The molecule has 2 rings (SSSR count). The molecule has 0 saturated carbocycles. The Morgan fingerprint density at radius 2 is 1.88 bits per heavy atom. The molecular formula is C18H16N2O3S. The zero-order valence-electron chi connectivity index (χ0n) is 13.1. The second-order valence-electron chi connectivity index (χ2n) is 4.88. The molecular weight excluding hydrogens is 324 g/mol. The molecule has 0 heterocycles. The van der Waals surface area contributed by atoms with Crippen molar-refractivity contribution in [1.82, 2.24) is 0 Å². The summed E-state index contributed by atoms with van der Waals surface area (Å²) in [6, 6.07) is 16.0. The van der Waals surface area contributed by atoms with E-state index in [0.717, 1.165) is 5.56 Å². The Kier molecular flexibility index (Phi) is 6.41. The number of ether oxygens (including phenoxy) is 1. The molecule has 0 spiro atoms. The number of carbonyl (C=O) groups is 2. The Balaban J connectivity index is 1.83. The fourth-order valence-corrected chi connectivity index (χ4v) is 2.84. The van der Waals surface area contributed by atoms with E-state index in [1.54, 1.807) is 30.3 Å². The van der Waals surface area contributed by atoms with Crippen LogP contribution in [0.15, 0.2) is 48.5 Å². The number of nitrogens with zero attached hydrogens (tertiary/aromatic N) is 1. The zero-order chi connectivity index (χ0) is 17.4. The van der Waals surface area contributed by atoms with E-state index >= 15 is 0 Å². The summed E-state index contributed by atoms with van der Waals surface area (Å²) in [5.41, 5.74) is 2.59. The minimum Gasteiger partial charge on any atom is -0.465 e. The van der Waals surface area contributed by atoms with Crippen LogP contribution < -0.4 is 5.32 Å². The van der Waals surface area contributed by atoms with Crippen LogP contribution in [0.5, 0.6) is 0 Å². The SMILES string of the molecule is COC(=O)c1ccc(NC(=O)CSCc2ccccc2C#N)cc1. The summed E-state index contributed by atoms with van der Waals surface area (Å²) in [6.45, 7) is 0. The van der Waals surface area contributed by atoms with Gasteiger partial charge < -0.3 is 10.1 Å². The average Bonchev–Trinajstić information content (AvgIpc) is 2.62. The maximum Gasteiger partial charge on any atom is 0.337 e. The van der Waals surface area contributed by atoms with Gasteiger partial charge in [-0.05, 0) is 35.9 Å². The number of anilines is 1. The topological polar surface area (TPSA) is 79.2 Å². The van der Waals surface area contributed by atoms with Crippen LogP contribution in [0, 0.1) is 11.3 Å². The molecule has 0 bridgehead atoms. The zero-order valence-corrected chi connectivity index (χ0v) is 13.9. The van der Waals surface area contributed by atoms with E-state index in [4.69, 9.17) is 5.26 Å². The smallest absolute Gasteiger partial charge is 0.337 e. The van der Waals surface area contributed by atoms with Gasteiger partial charge in [-0.2, -0.15) is 5.26 Å². The van der Waals surface area contributed by atoms with Crippen molar-refractivity contribution in [2.45, 2.75) is 5.75 Å².